The minimum atomic E-state index is -0.833. The standard InChI is InChI=1S/C29H31NO2.C25H24O2.C3H8N.C2H4O2.HI/c1-20-13-12-18-25(21(20)2)27(22(3)28(31)23-14-8-6-9-15-23)26(19-30(4)5)29(32)24-16-10-7-11-17-24;1-18-10-9-15-23(19(18)2)22(16-24(26)20-11-5-3-6-12-20)17-25(27)21-13-7-4-8-14-21;1-4(2)3;1-2(3)4;/h6-18,26-27H,3,19H2,1-2,4-5H3;3-15,22H,16-17H2,1-2H3;1H2,2-3H3;1H3,(H,3,4);1H/q;;+1;;/p-1. The molecule has 0 amide bonds. The van der Waals surface area contributed by atoms with Crippen molar-refractivity contribution in [1.82, 2.24) is 4.90 Å². The molecule has 6 aromatic rings. The molecule has 2 atom stereocenters. The number of carboxylic acids is 1. The molecule has 0 radical (unpaired) electrons. The fourth-order valence-electron chi connectivity index (χ4n) is 7.66. The van der Waals surface area contributed by atoms with Gasteiger partial charge in [-0.3, -0.25) is 24.0 Å². The van der Waals surface area contributed by atoms with Crippen LogP contribution in [0.1, 0.15) is 106 Å². The van der Waals surface area contributed by atoms with E-state index < -0.39 is 17.8 Å². The first-order valence-corrected chi connectivity index (χ1v) is 22.3. The van der Waals surface area contributed by atoms with Crippen LogP contribution >= 0.6 is 0 Å². The zero-order valence-corrected chi connectivity index (χ0v) is 43.2. The Hall–Kier alpha value is -6.43. The number of nitrogens with zero attached hydrogens (tertiary/aromatic N) is 2. The third-order valence-electron chi connectivity index (χ3n) is 11.2. The molecule has 2 unspecified atom stereocenters. The molecule has 6 aromatic carbocycles. The van der Waals surface area contributed by atoms with E-state index in [1.165, 1.54) is 5.56 Å². The van der Waals surface area contributed by atoms with Crippen LogP contribution < -0.4 is 24.0 Å². The number of hydrogen-bond donors (Lipinski definition) is 1. The number of allylic oxidation sites excluding steroid dienone is 1. The maximum atomic E-state index is 13.8. The number of benzene rings is 6. The maximum absolute atomic E-state index is 13.8. The summed E-state index contributed by atoms with van der Waals surface area (Å²) < 4.78 is 1.75. The van der Waals surface area contributed by atoms with Gasteiger partial charge in [0.1, 0.15) is 20.8 Å². The van der Waals surface area contributed by atoms with Crippen LogP contribution in [0.15, 0.2) is 170 Å². The molecule has 0 fully saturated rings. The first-order valence-electron chi connectivity index (χ1n) is 22.3. The molecule has 1 N–H and O–H groups in total. The van der Waals surface area contributed by atoms with Crippen LogP contribution in [0, 0.1) is 33.6 Å². The average Bonchev–Trinajstić information content (AvgIpc) is 3.31. The Morgan fingerprint density at radius 2 is 0.897 bits per heavy atom. The van der Waals surface area contributed by atoms with Crippen LogP contribution in [0.25, 0.3) is 0 Å². The highest BCUT2D eigenvalue weighted by Crippen LogP contribution is 2.38. The third-order valence-corrected chi connectivity index (χ3v) is 11.2. The van der Waals surface area contributed by atoms with Crippen LogP contribution in [-0.4, -0.2) is 85.1 Å². The summed E-state index contributed by atoms with van der Waals surface area (Å²) in [5.41, 5.74) is 9.69. The lowest BCUT2D eigenvalue weighted by atomic mass is 9.73. The van der Waals surface area contributed by atoms with Crippen LogP contribution in [0.5, 0.6) is 0 Å². The Balaban J connectivity index is 0.000000401. The van der Waals surface area contributed by atoms with Crippen molar-refractivity contribution >= 4 is 35.8 Å². The number of hydrogen-bond acceptors (Lipinski definition) is 6. The normalized spacial score (nSPS) is 11.1. The van der Waals surface area contributed by atoms with E-state index in [1.807, 2.05) is 167 Å². The SMILES string of the molecule is C=C(C(=O)c1ccccc1)C(c1cccc(C)c1C)C(CN(C)C)C(=O)c1ccccc1.C=[N+](C)C.CC(=O)O.Cc1cccc(C(CC(=O)c2ccccc2)CC(=O)c2ccccc2)c1C.[I-]. The zero-order valence-electron chi connectivity index (χ0n) is 41.0. The molecule has 0 aliphatic heterocycles. The van der Waals surface area contributed by atoms with Gasteiger partial charge in [0.15, 0.2) is 23.1 Å². The minimum absolute atomic E-state index is 0. The number of carbonyl (C=O) groups is 5. The number of Topliss-reactive ketones (excluding diaryl/α,β-unsaturated/α-hetero) is 4. The van der Waals surface area contributed by atoms with Crippen molar-refractivity contribution in [2.24, 2.45) is 5.92 Å². The molecule has 6 rings (SSSR count). The number of aryl methyl sites for hydroxylation is 2. The molecule has 0 aromatic heterocycles. The summed E-state index contributed by atoms with van der Waals surface area (Å²) in [7, 11) is 7.68. The second-order valence-electron chi connectivity index (χ2n) is 17.2. The second-order valence-corrected chi connectivity index (χ2v) is 17.2. The fourth-order valence-corrected chi connectivity index (χ4v) is 7.66. The molecule has 0 bridgehead atoms. The molecule has 0 saturated carbocycles. The lowest BCUT2D eigenvalue weighted by Crippen LogP contribution is -3.00. The molecule has 0 heterocycles. The largest absolute Gasteiger partial charge is 1.00 e. The molecular weight excluding hydrogens is 960 g/mol. The molecule has 0 spiro atoms. The van der Waals surface area contributed by atoms with E-state index in [9.17, 15) is 19.2 Å². The highest BCUT2D eigenvalue weighted by molar-refractivity contribution is 6.10. The number of carboxylic acid groups (broad SMARTS) is 1. The summed E-state index contributed by atoms with van der Waals surface area (Å²) in [5.74, 6) is -1.81. The molecule has 9 heteroatoms. The number of ketones is 4. The molecule has 0 aliphatic rings. The third kappa shape index (κ3) is 18.3. The first-order chi connectivity index (χ1) is 31.8. The van der Waals surface area contributed by atoms with E-state index >= 15 is 0 Å². The van der Waals surface area contributed by atoms with Gasteiger partial charge in [-0.1, -0.05) is 164 Å². The van der Waals surface area contributed by atoms with Crippen LogP contribution in [-0.2, 0) is 4.79 Å². The molecule has 0 aliphatic carbocycles. The monoisotopic (exact) mass is 1030 g/mol. The summed E-state index contributed by atoms with van der Waals surface area (Å²) in [4.78, 5) is 63.9. The van der Waals surface area contributed by atoms with Gasteiger partial charge in [0, 0.05) is 66.0 Å². The first kappa shape index (κ1) is 57.7. The highest BCUT2D eigenvalue weighted by Gasteiger charge is 2.36. The number of rotatable bonds is 16. The topological polar surface area (TPSA) is 112 Å². The van der Waals surface area contributed by atoms with Crippen LogP contribution in [0.2, 0.25) is 0 Å². The van der Waals surface area contributed by atoms with Crippen LogP contribution in [0.3, 0.4) is 0 Å². The Morgan fingerprint density at radius 3 is 1.28 bits per heavy atom. The fraction of sp³-hybridized carbons (Fsp3) is 0.254. The van der Waals surface area contributed by atoms with Crippen molar-refractivity contribution in [2.45, 2.75) is 59.3 Å². The van der Waals surface area contributed by atoms with E-state index in [1.54, 1.807) is 16.7 Å². The second kappa shape index (κ2) is 29.4. The molecular formula is C59H67IN2O6. The smallest absolute Gasteiger partial charge is 0.300 e. The quantitative estimate of drug-likeness (QED) is 0.0339. The summed E-state index contributed by atoms with van der Waals surface area (Å²) in [6.07, 6.45) is 0.653. The zero-order chi connectivity index (χ0) is 49.6. The van der Waals surface area contributed by atoms with Crippen molar-refractivity contribution < 1.29 is 57.6 Å². The molecule has 356 valence electrons. The predicted molar refractivity (Wildman–Crippen MR) is 273 cm³/mol. The van der Waals surface area contributed by atoms with Crippen molar-refractivity contribution in [3.8, 4) is 0 Å². The predicted octanol–water partition coefficient (Wildman–Crippen LogP) is 8.87. The highest BCUT2D eigenvalue weighted by atomic mass is 127. The molecule has 8 nitrogen and oxygen atoms in total. The number of carbonyl (C=O) groups excluding carboxylic acids is 4. The van der Waals surface area contributed by atoms with Gasteiger partial charge in [0.25, 0.3) is 5.97 Å². The summed E-state index contributed by atoms with van der Waals surface area (Å²) in [6.45, 7) is 17.6. The number of aliphatic carboxylic acids is 1. The number of halogens is 1. The molecule has 68 heavy (non-hydrogen) atoms. The van der Waals surface area contributed by atoms with Gasteiger partial charge in [0.05, 0.1) is 0 Å². The van der Waals surface area contributed by atoms with Crippen molar-refractivity contribution in [2.75, 3.05) is 34.7 Å². The van der Waals surface area contributed by atoms with Crippen LogP contribution in [0.4, 0.5) is 0 Å². The maximum Gasteiger partial charge on any atom is 0.300 e. The summed E-state index contributed by atoms with van der Waals surface area (Å²) in [5, 5.41) is 7.42. The van der Waals surface area contributed by atoms with E-state index in [2.05, 4.69) is 53.1 Å². The Bertz CT molecular complexity index is 2520. The lowest BCUT2D eigenvalue weighted by Gasteiger charge is -2.31. The van der Waals surface area contributed by atoms with Crippen molar-refractivity contribution in [3.63, 3.8) is 0 Å². The van der Waals surface area contributed by atoms with Gasteiger partial charge >= 0.3 is 0 Å². The summed E-state index contributed by atoms with van der Waals surface area (Å²) in [6, 6.07) is 49.3. The van der Waals surface area contributed by atoms with E-state index in [0.29, 0.717) is 47.2 Å². The Kier molecular flexibility index (Phi) is 24.9. The van der Waals surface area contributed by atoms with E-state index in [0.717, 1.165) is 34.7 Å². The van der Waals surface area contributed by atoms with E-state index in [4.69, 9.17) is 9.90 Å². The van der Waals surface area contributed by atoms with Gasteiger partial charge in [0.2, 0.25) is 0 Å². The van der Waals surface area contributed by atoms with Gasteiger partial charge in [-0.05, 0) is 81.1 Å². The van der Waals surface area contributed by atoms with E-state index in [-0.39, 0.29) is 53.0 Å². The lowest BCUT2D eigenvalue weighted by molar-refractivity contribution is -0.454. The summed E-state index contributed by atoms with van der Waals surface area (Å²) >= 11 is 0. The van der Waals surface area contributed by atoms with Gasteiger partial charge < -0.3 is 34.0 Å². The van der Waals surface area contributed by atoms with Gasteiger partial charge in [-0.25, -0.2) is 4.58 Å². The van der Waals surface area contributed by atoms with Gasteiger partial charge in [-0.2, -0.15) is 0 Å². The van der Waals surface area contributed by atoms with Crippen molar-refractivity contribution in [3.05, 3.63) is 226 Å². The average molecular weight is 1030 g/mol. The van der Waals surface area contributed by atoms with Gasteiger partial charge in [-0.15, -0.1) is 0 Å². The Morgan fingerprint density at radius 1 is 0.559 bits per heavy atom. The molecule has 0 saturated heterocycles. The van der Waals surface area contributed by atoms with Crippen molar-refractivity contribution in [1.29, 1.82) is 0 Å². The Labute approximate surface area is 421 Å². The minimum Gasteiger partial charge on any atom is -1.00 e.